The number of carbonyl (C=O) groups is 1. The van der Waals surface area contributed by atoms with Crippen molar-refractivity contribution >= 4 is 17.3 Å². The molecule has 0 fully saturated rings. The van der Waals surface area contributed by atoms with Crippen LogP contribution in [0.3, 0.4) is 0 Å². The standard InChI is InChI=1S/C13H20N2O3/c1-9-4-5-12(11(14)6-9)15-13(16)8-18-10(2)7-17-3/h4-6,10H,7-8,14H2,1-3H3,(H,15,16). The predicted octanol–water partition coefficient (Wildman–Crippen LogP) is 1.57. The number of benzene rings is 1. The van der Waals surface area contributed by atoms with Gasteiger partial charge in [0, 0.05) is 7.11 Å². The van der Waals surface area contributed by atoms with E-state index in [-0.39, 0.29) is 18.6 Å². The summed E-state index contributed by atoms with van der Waals surface area (Å²) in [6.45, 7) is 4.23. The third-order valence-corrected chi connectivity index (χ3v) is 2.38. The summed E-state index contributed by atoms with van der Waals surface area (Å²) >= 11 is 0. The number of hydrogen-bond donors (Lipinski definition) is 2. The van der Waals surface area contributed by atoms with E-state index in [0.29, 0.717) is 18.0 Å². The number of amides is 1. The Labute approximate surface area is 107 Å². The molecule has 0 saturated heterocycles. The van der Waals surface area contributed by atoms with Crippen molar-refractivity contribution in [2.24, 2.45) is 0 Å². The van der Waals surface area contributed by atoms with E-state index in [4.69, 9.17) is 15.2 Å². The van der Waals surface area contributed by atoms with Crippen LogP contribution in [0.2, 0.25) is 0 Å². The number of carbonyl (C=O) groups excluding carboxylic acids is 1. The van der Waals surface area contributed by atoms with E-state index >= 15 is 0 Å². The molecule has 0 heterocycles. The first-order valence-corrected chi connectivity index (χ1v) is 5.79. The fraction of sp³-hybridized carbons (Fsp3) is 0.462. The molecule has 5 nitrogen and oxygen atoms in total. The molecule has 1 unspecified atom stereocenters. The summed E-state index contributed by atoms with van der Waals surface area (Å²) in [5.74, 6) is -0.228. The molecule has 0 spiro atoms. The number of methoxy groups -OCH3 is 1. The molecule has 1 atom stereocenters. The minimum atomic E-state index is -0.228. The lowest BCUT2D eigenvalue weighted by atomic mass is 10.2. The molecule has 0 saturated carbocycles. The summed E-state index contributed by atoms with van der Waals surface area (Å²) in [7, 11) is 1.59. The second-order valence-electron chi connectivity index (χ2n) is 4.22. The Kier molecular flexibility index (Phi) is 5.61. The summed E-state index contributed by atoms with van der Waals surface area (Å²) in [5, 5.41) is 2.71. The van der Waals surface area contributed by atoms with Crippen LogP contribution in [0.5, 0.6) is 0 Å². The molecule has 0 bridgehead atoms. The highest BCUT2D eigenvalue weighted by molar-refractivity contribution is 5.94. The highest BCUT2D eigenvalue weighted by Gasteiger charge is 2.08. The first kappa shape index (κ1) is 14.5. The van der Waals surface area contributed by atoms with Gasteiger partial charge in [-0.25, -0.2) is 0 Å². The van der Waals surface area contributed by atoms with Gasteiger partial charge in [-0.2, -0.15) is 0 Å². The van der Waals surface area contributed by atoms with Gasteiger partial charge in [-0.05, 0) is 31.5 Å². The van der Waals surface area contributed by atoms with Gasteiger partial charge in [0.25, 0.3) is 0 Å². The molecule has 3 N–H and O–H groups in total. The fourth-order valence-corrected chi connectivity index (χ4v) is 1.48. The van der Waals surface area contributed by atoms with Crippen molar-refractivity contribution in [1.82, 2.24) is 0 Å². The molecular weight excluding hydrogens is 232 g/mol. The van der Waals surface area contributed by atoms with E-state index in [0.717, 1.165) is 5.56 Å². The maximum Gasteiger partial charge on any atom is 0.250 e. The van der Waals surface area contributed by atoms with Crippen molar-refractivity contribution in [1.29, 1.82) is 0 Å². The monoisotopic (exact) mass is 252 g/mol. The first-order valence-electron chi connectivity index (χ1n) is 5.79. The molecule has 0 aliphatic rings. The Balaban J connectivity index is 2.44. The van der Waals surface area contributed by atoms with Gasteiger partial charge in [0.2, 0.25) is 5.91 Å². The summed E-state index contributed by atoms with van der Waals surface area (Å²) in [4.78, 5) is 11.6. The zero-order chi connectivity index (χ0) is 13.5. The maximum atomic E-state index is 11.6. The van der Waals surface area contributed by atoms with Gasteiger partial charge < -0.3 is 20.5 Å². The summed E-state index contributed by atoms with van der Waals surface area (Å²) in [5.41, 5.74) is 8.00. The SMILES string of the molecule is COCC(C)OCC(=O)Nc1ccc(C)cc1N. The van der Waals surface area contributed by atoms with Crippen molar-refractivity contribution < 1.29 is 14.3 Å². The van der Waals surface area contributed by atoms with Gasteiger partial charge in [-0.3, -0.25) is 4.79 Å². The Bertz CT molecular complexity index is 407. The highest BCUT2D eigenvalue weighted by atomic mass is 16.5. The van der Waals surface area contributed by atoms with E-state index in [2.05, 4.69) is 5.32 Å². The Morgan fingerprint density at radius 1 is 1.50 bits per heavy atom. The molecular formula is C13H20N2O3. The van der Waals surface area contributed by atoms with Gasteiger partial charge in [0.15, 0.2) is 0 Å². The van der Waals surface area contributed by atoms with Gasteiger partial charge in [-0.1, -0.05) is 6.07 Å². The average Bonchev–Trinajstić information content (AvgIpc) is 2.31. The topological polar surface area (TPSA) is 73.6 Å². The van der Waals surface area contributed by atoms with Crippen LogP contribution in [-0.4, -0.2) is 32.3 Å². The molecule has 1 amide bonds. The molecule has 100 valence electrons. The third-order valence-electron chi connectivity index (χ3n) is 2.38. The molecule has 1 aromatic rings. The Hall–Kier alpha value is -1.59. The molecule has 1 rings (SSSR count). The van der Waals surface area contributed by atoms with Gasteiger partial charge >= 0.3 is 0 Å². The largest absolute Gasteiger partial charge is 0.397 e. The molecule has 5 heteroatoms. The van der Waals surface area contributed by atoms with Crippen molar-refractivity contribution in [3.05, 3.63) is 23.8 Å². The second kappa shape index (κ2) is 6.98. The number of nitrogen functional groups attached to an aromatic ring is 1. The van der Waals surface area contributed by atoms with Crippen molar-refractivity contribution in [2.75, 3.05) is 31.4 Å². The van der Waals surface area contributed by atoms with Crippen molar-refractivity contribution in [3.8, 4) is 0 Å². The van der Waals surface area contributed by atoms with Crippen LogP contribution in [0.4, 0.5) is 11.4 Å². The maximum absolute atomic E-state index is 11.6. The number of hydrogen-bond acceptors (Lipinski definition) is 4. The number of rotatable bonds is 6. The zero-order valence-corrected chi connectivity index (χ0v) is 11.0. The normalized spacial score (nSPS) is 12.2. The molecule has 0 aliphatic heterocycles. The summed E-state index contributed by atoms with van der Waals surface area (Å²) < 4.78 is 10.2. The second-order valence-corrected chi connectivity index (χ2v) is 4.22. The highest BCUT2D eigenvalue weighted by Crippen LogP contribution is 2.19. The minimum Gasteiger partial charge on any atom is -0.397 e. The van der Waals surface area contributed by atoms with Crippen LogP contribution in [-0.2, 0) is 14.3 Å². The average molecular weight is 252 g/mol. The van der Waals surface area contributed by atoms with Gasteiger partial charge in [0.05, 0.1) is 24.1 Å². The first-order chi connectivity index (χ1) is 8.52. The molecule has 0 aromatic heterocycles. The molecule has 1 aromatic carbocycles. The number of nitrogens with two attached hydrogens (primary N) is 1. The number of anilines is 2. The number of nitrogens with one attached hydrogen (secondary N) is 1. The van der Waals surface area contributed by atoms with Crippen LogP contribution in [0.25, 0.3) is 0 Å². The Morgan fingerprint density at radius 2 is 2.22 bits per heavy atom. The van der Waals surface area contributed by atoms with E-state index in [1.165, 1.54) is 0 Å². The van der Waals surface area contributed by atoms with Crippen LogP contribution in [0, 0.1) is 6.92 Å². The van der Waals surface area contributed by atoms with Gasteiger partial charge in [0.1, 0.15) is 6.61 Å². The molecule has 0 aliphatic carbocycles. The van der Waals surface area contributed by atoms with Crippen LogP contribution < -0.4 is 11.1 Å². The van der Waals surface area contributed by atoms with Gasteiger partial charge in [-0.15, -0.1) is 0 Å². The van der Waals surface area contributed by atoms with Crippen molar-refractivity contribution in [2.45, 2.75) is 20.0 Å². The predicted molar refractivity (Wildman–Crippen MR) is 71.5 cm³/mol. The molecule has 18 heavy (non-hydrogen) atoms. The lowest BCUT2D eigenvalue weighted by molar-refractivity contribution is -0.123. The smallest absolute Gasteiger partial charge is 0.250 e. The fourth-order valence-electron chi connectivity index (χ4n) is 1.48. The van der Waals surface area contributed by atoms with E-state index < -0.39 is 0 Å². The third kappa shape index (κ3) is 4.73. The summed E-state index contributed by atoms with van der Waals surface area (Å²) in [6, 6.07) is 5.48. The van der Waals surface area contributed by atoms with E-state index in [1.54, 1.807) is 13.2 Å². The zero-order valence-electron chi connectivity index (χ0n) is 11.0. The summed E-state index contributed by atoms with van der Waals surface area (Å²) in [6.07, 6.45) is -0.115. The van der Waals surface area contributed by atoms with E-state index in [1.807, 2.05) is 26.0 Å². The quantitative estimate of drug-likeness (QED) is 0.754. The molecule has 0 radical (unpaired) electrons. The van der Waals surface area contributed by atoms with Crippen LogP contribution in [0.1, 0.15) is 12.5 Å². The number of ether oxygens (including phenoxy) is 2. The lowest BCUT2D eigenvalue weighted by Crippen LogP contribution is -2.24. The Morgan fingerprint density at radius 3 is 2.83 bits per heavy atom. The van der Waals surface area contributed by atoms with Crippen LogP contribution >= 0.6 is 0 Å². The number of aryl methyl sites for hydroxylation is 1. The minimum absolute atomic E-state index is 0.0160. The van der Waals surface area contributed by atoms with Crippen LogP contribution in [0.15, 0.2) is 18.2 Å². The lowest BCUT2D eigenvalue weighted by Gasteiger charge is -2.12. The van der Waals surface area contributed by atoms with Crippen molar-refractivity contribution in [3.63, 3.8) is 0 Å². The van der Waals surface area contributed by atoms with E-state index in [9.17, 15) is 4.79 Å².